The fraction of sp³-hybridized carbons (Fsp3) is 0. The fourth-order valence-electron chi connectivity index (χ4n) is 3.61. The van der Waals surface area contributed by atoms with Crippen LogP contribution in [0.5, 0.6) is 17.2 Å². The summed E-state index contributed by atoms with van der Waals surface area (Å²) in [6.45, 7) is 0. The Morgan fingerprint density at radius 3 is 0.978 bits per heavy atom. The number of carboxylic acids is 3. The zero-order chi connectivity index (χ0) is 32.1. The van der Waals surface area contributed by atoms with Gasteiger partial charge in [-0.15, -0.1) is 0 Å². The zero-order valence-corrected chi connectivity index (χ0v) is 25.2. The molecule has 2 aromatic heterocycles. The van der Waals surface area contributed by atoms with Crippen LogP contribution in [0, 0.1) is 38.6 Å². The number of carbonyl (C=O) groups is 3. The Bertz CT molecular complexity index is 1730. The molecule has 45 heavy (non-hydrogen) atoms. The van der Waals surface area contributed by atoms with Gasteiger partial charge < -0.3 is 30.6 Å². The summed E-state index contributed by atoms with van der Waals surface area (Å²) in [6.07, 6.45) is 3.60. The number of para-hydroxylation sites is 3. The first-order chi connectivity index (χ1) is 21.1. The van der Waals surface area contributed by atoms with Crippen LogP contribution in [-0.4, -0.2) is 43.2 Å². The Hall–Kier alpha value is -5.20. The van der Waals surface area contributed by atoms with E-state index in [0.717, 1.165) is 21.8 Å². The van der Waals surface area contributed by atoms with Crippen molar-refractivity contribution in [3.63, 3.8) is 0 Å². The number of benzene rings is 4. The van der Waals surface area contributed by atoms with Crippen molar-refractivity contribution < 1.29 is 83.6 Å². The van der Waals surface area contributed by atoms with Crippen molar-refractivity contribution in [2.45, 2.75) is 0 Å². The van der Waals surface area contributed by atoms with Crippen LogP contribution in [0.3, 0.4) is 0 Å². The zero-order valence-electron chi connectivity index (χ0n) is 23.1. The molecule has 0 aliphatic heterocycles. The molecule has 0 aliphatic carbocycles. The predicted octanol–water partition coefficient (Wildman–Crippen LogP) is 4.16. The molecule has 3 N–H and O–H groups in total. The average Bonchev–Trinajstić information content (AvgIpc) is 3.02. The number of fused-ring (bicyclic) bond motifs is 3. The standard InChI is InChI=1S/C12H8N2.3C7H6O3.Tb/c1-3-9-5-6-10-4-2-8-14-12(10)11(9)13-7-1;3*8-6-4-2-1-3-5(6)7(9)10;/h1-8H;3*1-4,8H,(H,9,10);/q;;;;+3/p-3. The molecule has 228 valence electrons. The third-order valence-corrected chi connectivity index (χ3v) is 5.70. The molecule has 0 radical (unpaired) electrons. The molecule has 6 rings (SSSR count). The van der Waals surface area contributed by atoms with Gasteiger partial charge >= 0.3 is 56.5 Å². The molecule has 0 atom stereocenters. The smallest absolute Gasteiger partial charge is 0.872 e. The number of aromatic carboxylic acids is 3. The first-order valence-electron chi connectivity index (χ1n) is 12.7. The summed E-state index contributed by atoms with van der Waals surface area (Å²) in [5.41, 5.74) is 1.42. The van der Waals surface area contributed by atoms with E-state index in [4.69, 9.17) is 15.3 Å². The van der Waals surface area contributed by atoms with Crippen LogP contribution < -0.4 is 15.3 Å². The third-order valence-electron chi connectivity index (χ3n) is 5.70. The van der Waals surface area contributed by atoms with Gasteiger partial charge in [-0.3, -0.25) is 9.97 Å². The molecule has 0 spiro atoms. The molecule has 6 aromatic rings. The van der Waals surface area contributed by atoms with Gasteiger partial charge in [-0.2, -0.15) is 0 Å². The van der Waals surface area contributed by atoms with Crippen molar-refractivity contribution in [1.29, 1.82) is 0 Å². The quantitative estimate of drug-likeness (QED) is 0.219. The van der Waals surface area contributed by atoms with E-state index in [-0.39, 0.29) is 55.3 Å². The molecule has 0 unspecified atom stereocenters. The number of hydrogen-bond acceptors (Lipinski definition) is 8. The Balaban J connectivity index is 0.000000211. The van der Waals surface area contributed by atoms with Crippen LogP contribution in [0.4, 0.5) is 0 Å². The van der Waals surface area contributed by atoms with Crippen molar-refractivity contribution in [2.75, 3.05) is 0 Å². The number of aromatic nitrogens is 2. The van der Waals surface area contributed by atoms with Gasteiger partial charge in [0.25, 0.3) is 0 Å². The minimum Gasteiger partial charge on any atom is -0.872 e. The van der Waals surface area contributed by atoms with Gasteiger partial charge in [-0.1, -0.05) is 96.1 Å². The third kappa shape index (κ3) is 10.5. The molecule has 0 aliphatic rings. The normalized spacial score (nSPS) is 9.51. The van der Waals surface area contributed by atoms with Crippen LogP contribution in [0.25, 0.3) is 21.8 Å². The second-order valence-corrected chi connectivity index (χ2v) is 8.62. The molecule has 0 amide bonds. The maximum Gasteiger partial charge on any atom is 3.00 e. The van der Waals surface area contributed by atoms with E-state index in [9.17, 15) is 29.7 Å². The number of nitrogens with zero attached hydrogens (tertiary/aromatic N) is 2. The van der Waals surface area contributed by atoms with E-state index in [1.807, 2.05) is 12.1 Å². The van der Waals surface area contributed by atoms with Gasteiger partial charge in [-0.25, -0.2) is 14.4 Å². The van der Waals surface area contributed by atoms with Gasteiger partial charge in [0.15, 0.2) is 0 Å². The molecule has 11 nitrogen and oxygen atoms in total. The minimum atomic E-state index is -1.18. The van der Waals surface area contributed by atoms with Crippen molar-refractivity contribution in [3.05, 3.63) is 138 Å². The Labute approximate surface area is 287 Å². The van der Waals surface area contributed by atoms with E-state index >= 15 is 0 Å². The largest absolute Gasteiger partial charge is 3.00 e. The topological polar surface area (TPSA) is 207 Å². The molecule has 0 saturated heterocycles. The predicted molar refractivity (Wildman–Crippen MR) is 156 cm³/mol. The Morgan fingerprint density at radius 2 is 0.733 bits per heavy atom. The maximum absolute atomic E-state index is 10.7. The first kappa shape index (κ1) is 36.0. The van der Waals surface area contributed by atoms with Crippen LogP contribution in [-0.2, 0) is 0 Å². The Kier molecular flexibility index (Phi) is 14.2. The van der Waals surface area contributed by atoms with Crippen molar-refractivity contribution in [2.24, 2.45) is 0 Å². The van der Waals surface area contributed by atoms with E-state index in [2.05, 4.69) is 34.2 Å². The van der Waals surface area contributed by atoms with Crippen molar-refractivity contribution in [1.82, 2.24) is 9.97 Å². The number of pyridine rings is 2. The van der Waals surface area contributed by atoms with E-state index in [1.54, 1.807) is 12.4 Å². The molecule has 2 heterocycles. The summed E-state index contributed by atoms with van der Waals surface area (Å²) >= 11 is 0. The van der Waals surface area contributed by atoms with Crippen molar-refractivity contribution in [3.8, 4) is 17.2 Å². The number of hydrogen-bond donors (Lipinski definition) is 3. The first-order valence-corrected chi connectivity index (χ1v) is 12.7. The van der Waals surface area contributed by atoms with Gasteiger partial charge in [0.1, 0.15) is 0 Å². The van der Waals surface area contributed by atoms with Gasteiger partial charge in [0, 0.05) is 23.2 Å². The monoisotopic (exact) mass is 750 g/mol. The molecular weight excluding hydrogens is 727 g/mol. The van der Waals surface area contributed by atoms with E-state index in [0.29, 0.717) is 0 Å². The average molecular weight is 750 g/mol. The second kappa shape index (κ2) is 17.8. The maximum atomic E-state index is 10.7. The number of rotatable bonds is 3. The van der Waals surface area contributed by atoms with Crippen LogP contribution in [0.2, 0.25) is 0 Å². The molecule has 4 aromatic carbocycles. The molecule has 0 bridgehead atoms. The summed E-state index contributed by atoms with van der Waals surface area (Å²) in [5.74, 6) is -4.87. The second-order valence-electron chi connectivity index (χ2n) is 8.62. The van der Waals surface area contributed by atoms with Crippen LogP contribution in [0.1, 0.15) is 31.1 Å². The summed E-state index contributed by atoms with van der Waals surface area (Å²) in [7, 11) is 0. The molecule has 0 fully saturated rings. The van der Waals surface area contributed by atoms with Crippen LogP contribution in [0.15, 0.2) is 122 Å². The Morgan fingerprint density at radius 1 is 0.444 bits per heavy atom. The fourth-order valence-corrected chi connectivity index (χ4v) is 3.61. The summed E-state index contributed by atoms with van der Waals surface area (Å²) in [6, 6.07) is 28.7. The summed E-state index contributed by atoms with van der Waals surface area (Å²) < 4.78 is 0. The van der Waals surface area contributed by atoms with Gasteiger partial charge in [0.05, 0.1) is 27.7 Å². The van der Waals surface area contributed by atoms with Gasteiger partial charge in [0.2, 0.25) is 0 Å². The summed E-state index contributed by atoms with van der Waals surface area (Å²) in [4.78, 5) is 39.4. The van der Waals surface area contributed by atoms with E-state index in [1.165, 1.54) is 72.8 Å². The minimum absolute atomic E-state index is 0. The number of carboxylic acid groups (broad SMARTS) is 3. The molecule has 0 saturated carbocycles. The molecular formula is C33H23N2O9Tb. The summed E-state index contributed by atoms with van der Waals surface area (Å²) in [5, 5.41) is 59.4. The molecule has 12 heteroatoms. The van der Waals surface area contributed by atoms with Crippen LogP contribution >= 0.6 is 0 Å². The van der Waals surface area contributed by atoms with Gasteiger partial charge in [-0.05, 0) is 30.3 Å². The van der Waals surface area contributed by atoms with Crippen molar-refractivity contribution >= 4 is 39.7 Å². The SMILES string of the molecule is O=C(O)c1ccccc1[O-].O=C(O)c1ccccc1[O-].O=C(O)c1ccccc1[O-].[Tb+3].c1cnc2c(c1)ccc1cccnc12. The van der Waals surface area contributed by atoms with E-state index < -0.39 is 35.2 Å².